The van der Waals surface area contributed by atoms with Crippen LogP contribution in [-0.2, 0) is 39.9 Å². The number of aliphatic hydroxyl groups excluding tert-OH is 4. The molecule has 23 heteroatoms. The van der Waals surface area contributed by atoms with Crippen molar-refractivity contribution in [1.82, 2.24) is 39.1 Å². The van der Waals surface area contributed by atoms with Crippen LogP contribution in [0.4, 0.5) is 0 Å². The van der Waals surface area contributed by atoms with Crippen LogP contribution in [0.5, 0.6) is 40.6 Å². The highest BCUT2D eigenvalue weighted by Gasteiger charge is 2.46. The minimum Gasteiger partial charge on any atom is -0.491 e. The SMILES string of the molecule is CC[C@H]1O[C@@H](Oc2nn(C(C)C)c(C)c2Cc2ccc(OC(C)C)cc2)[C@H](C)[C@@H](C)[C@@H]1C.CC[C@H]1O[C@@H](Oc2nn(C(C)C)c(C)c2Cc2ccc(OC(C)C)cc2)[C@H](C)[C@@H](C)[C@@H]1C.Cc1c(Cc2ccc(OC(C)C)cc2)c(=O)[nH]n1C(C)C.Cc1c(Cc2ccc(OC(C)C)cc2)c(O[C@@H]2O[C@H](CO)[C@@H](O)[C@H](O)[C@H]2O)nn1C(C)C. The summed E-state index contributed by atoms with van der Waals surface area (Å²) in [6, 6.07) is 33.3. The quantitative estimate of drug-likeness (QED) is 0.0292. The third-order valence-electron chi connectivity index (χ3n) is 23.0. The Morgan fingerprint density at radius 3 is 0.906 bits per heavy atom. The van der Waals surface area contributed by atoms with Crippen LogP contribution in [0.15, 0.2) is 102 Å². The molecule has 0 spiro atoms. The molecule has 4 aromatic carbocycles. The topological polar surface area (TPSA) is 264 Å². The number of ether oxygens (including phenoxy) is 10. The van der Waals surface area contributed by atoms with Gasteiger partial charge in [0.05, 0.1) is 43.2 Å². The van der Waals surface area contributed by atoms with Gasteiger partial charge in [0.15, 0.2) is 0 Å². The van der Waals surface area contributed by atoms with E-state index in [0.29, 0.717) is 60.1 Å². The predicted molar refractivity (Wildman–Crippen MR) is 461 cm³/mol. The lowest BCUT2D eigenvalue weighted by Gasteiger charge is -2.42. The lowest BCUT2D eigenvalue weighted by Crippen LogP contribution is -2.60. The van der Waals surface area contributed by atoms with Crippen LogP contribution < -0.4 is 38.7 Å². The van der Waals surface area contributed by atoms with Crippen LogP contribution in [0.2, 0.25) is 0 Å². The standard InChI is InChI=1S/2C27H42N2O3.C23H34N2O7.C17H24N2O2/c2*1-10-25-19(7)18(6)20(8)27(31-25)32-26-24(21(9)29(28-26)16(2)3)15-22-11-13-23(14-12-22)30-17(4)5;1-12(2)25-14(5)17(10-15-6-8-16(9-7-15)30-13(3)4)22(24-25)32-23-21(29)20(28)19(27)18(11-26)31-23;1-11(2)19-13(5)16(17(20)18-19)10-14-6-8-15(9-7-14)21-12(3)4/h2*11-14,16-20,25,27H,10,15H2,1-9H3;6-9,12-13,18-21,23,26-29H,10-11H2,1-5H3;6-9,11-12H,10H2,1-5H3,(H,18,20)/t2*18-,19-,20+,25+,27-;18-,19-,20+,21-,23+;/m001./s1. The third-order valence-corrected chi connectivity index (χ3v) is 23.0. The first-order chi connectivity index (χ1) is 55.2. The Bertz CT molecular complexity index is 4030. The van der Waals surface area contributed by atoms with Gasteiger partial charge in [-0.05, 0) is 246 Å². The van der Waals surface area contributed by atoms with E-state index in [0.717, 1.165) is 105 Å². The molecule has 648 valence electrons. The number of nitrogens with one attached hydrogen (secondary N) is 1. The van der Waals surface area contributed by atoms with Gasteiger partial charge in [-0.3, -0.25) is 28.6 Å². The second kappa shape index (κ2) is 42.7. The summed E-state index contributed by atoms with van der Waals surface area (Å²) in [6.45, 7) is 58.6. The zero-order valence-corrected chi connectivity index (χ0v) is 75.4. The molecule has 15 atom stereocenters. The molecular weight excluding hydrogens is 1480 g/mol. The maximum atomic E-state index is 12.1. The number of aliphatic hydroxyl groups is 4. The fraction of sp³-hybridized carbons (Fsp3) is 0.617. The smallest absolute Gasteiger partial charge is 0.267 e. The van der Waals surface area contributed by atoms with Crippen molar-refractivity contribution in [3.63, 3.8) is 0 Å². The first-order valence-electron chi connectivity index (χ1n) is 42.9. The van der Waals surface area contributed by atoms with Crippen LogP contribution in [0, 0.1) is 63.2 Å². The van der Waals surface area contributed by atoms with Crippen LogP contribution in [0.1, 0.15) is 270 Å². The minimum absolute atomic E-state index is 0.00343. The number of H-pyrrole nitrogens is 1. The van der Waals surface area contributed by atoms with Crippen molar-refractivity contribution in [2.75, 3.05) is 6.61 Å². The third kappa shape index (κ3) is 24.5. The van der Waals surface area contributed by atoms with E-state index >= 15 is 0 Å². The fourth-order valence-electron chi connectivity index (χ4n) is 15.6. The summed E-state index contributed by atoms with van der Waals surface area (Å²) in [7, 11) is 0. The van der Waals surface area contributed by atoms with Gasteiger partial charge < -0.3 is 67.8 Å². The maximum absolute atomic E-state index is 12.1. The van der Waals surface area contributed by atoms with Gasteiger partial charge >= 0.3 is 0 Å². The van der Waals surface area contributed by atoms with E-state index in [9.17, 15) is 25.2 Å². The molecule has 23 nitrogen and oxygen atoms in total. The first kappa shape index (κ1) is 94.3. The molecule has 117 heavy (non-hydrogen) atoms. The average molecular weight is 1620 g/mol. The van der Waals surface area contributed by atoms with Crippen molar-refractivity contribution in [1.29, 1.82) is 0 Å². The van der Waals surface area contributed by atoms with Gasteiger partial charge in [-0.1, -0.05) is 104 Å². The molecule has 0 bridgehead atoms. The summed E-state index contributed by atoms with van der Waals surface area (Å²) in [5.74, 6) is 7.83. The van der Waals surface area contributed by atoms with Crippen molar-refractivity contribution in [3.05, 3.63) is 175 Å². The van der Waals surface area contributed by atoms with Crippen LogP contribution in [-0.4, -0.2) is 146 Å². The lowest BCUT2D eigenvalue weighted by molar-refractivity contribution is -0.278. The van der Waals surface area contributed by atoms with Crippen molar-refractivity contribution < 1.29 is 67.8 Å². The van der Waals surface area contributed by atoms with Gasteiger partial charge in [0.25, 0.3) is 5.56 Å². The predicted octanol–water partition coefficient (Wildman–Crippen LogP) is 17.9. The van der Waals surface area contributed by atoms with E-state index in [2.05, 4.69) is 155 Å². The highest BCUT2D eigenvalue weighted by Crippen LogP contribution is 2.42. The van der Waals surface area contributed by atoms with Crippen molar-refractivity contribution in [3.8, 4) is 40.6 Å². The van der Waals surface area contributed by atoms with Gasteiger partial charge in [-0.15, -0.1) is 15.3 Å². The molecule has 0 unspecified atom stereocenters. The number of hydrogen-bond acceptors (Lipinski definition) is 18. The summed E-state index contributed by atoms with van der Waals surface area (Å²) in [5, 5.41) is 57.1. The summed E-state index contributed by atoms with van der Waals surface area (Å²) in [4.78, 5) is 12.1. The second-order valence-corrected chi connectivity index (χ2v) is 34.7. The lowest BCUT2D eigenvalue weighted by atomic mass is 9.78. The second-order valence-electron chi connectivity index (χ2n) is 34.7. The van der Waals surface area contributed by atoms with Crippen molar-refractivity contribution in [2.24, 2.45) is 35.5 Å². The molecule has 0 saturated carbocycles. The summed E-state index contributed by atoms with van der Waals surface area (Å²) < 4.78 is 68.1. The van der Waals surface area contributed by atoms with E-state index < -0.39 is 37.3 Å². The van der Waals surface area contributed by atoms with Crippen LogP contribution >= 0.6 is 0 Å². The molecule has 0 amide bonds. The van der Waals surface area contributed by atoms with Crippen LogP contribution in [0.3, 0.4) is 0 Å². The van der Waals surface area contributed by atoms with Gasteiger partial charge in [0.2, 0.25) is 36.5 Å². The molecule has 3 saturated heterocycles. The molecule has 4 aromatic heterocycles. The largest absolute Gasteiger partial charge is 0.491 e. The number of hydrogen-bond donors (Lipinski definition) is 5. The number of rotatable bonds is 29. The van der Waals surface area contributed by atoms with E-state index in [4.69, 9.17) is 57.6 Å². The summed E-state index contributed by atoms with van der Waals surface area (Å²) in [6.07, 6.45) is -1.65. The van der Waals surface area contributed by atoms with Gasteiger partial charge in [0, 0.05) is 107 Å². The highest BCUT2D eigenvalue weighted by atomic mass is 16.7. The number of nitrogens with zero attached hydrogens (tertiary/aromatic N) is 7. The molecule has 3 fully saturated rings. The number of aromatic nitrogens is 8. The normalized spacial score (nSPS) is 23.4. The van der Waals surface area contributed by atoms with Crippen molar-refractivity contribution in [2.45, 2.75) is 336 Å². The maximum Gasteiger partial charge on any atom is 0.267 e. The van der Waals surface area contributed by atoms with Crippen LogP contribution in [0.25, 0.3) is 0 Å². The number of aromatic amines is 1. The summed E-state index contributed by atoms with van der Waals surface area (Å²) in [5.41, 5.74) is 12.7. The molecule has 7 heterocycles. The Morgan fingerprint density at radius 2 is 0.650 bits per heavy atom. The number of benzene rings is 4. The molecule has 8 aromatic rings. The zero-order valence-electron chi connectivity index (χ0n) is 75.4. The fourth-order valence-corrected chi connectivity index (χ4v) is 15.6. The molecule has 0 radical (unpaired) electrons. The molecule has 0 aliphatic carbocycles. The molecular formula is C94H142N8O15. The van der Waals surface area contributed by atoms with Gasteiger partial charge in [0.1, 0.15) is 47.4 Å². The van der Waals surface area contributed by atoms with E-state index in [1.165, 1.54) is 11.1 Å². The molecule has 3 aliphatic rings. The molecule has 11 rings (SSSR count). The summed E-state index contributed by atoms with van der Waals surface area (Å²) >= 11 is 0. The monoisotopic (exact) mass is 1620 g/mol. The Kier molecular flexibility index (Phi) is 34.4. The van der Waals surface area contributed by atoms with E-state index in [-0.39, 0.29) is 84.8 Å². The highest BCUT2D eigenvalue weighted by molar-refractivity contribution is 5.42. The minimum atomic E-state index is -1.52. The molecule has 3 aliphatic heterocycles. The van der Waals surface area contributed by atoms with Gasteiger partial charge in [-0.2, -0.15) is 0 Å². The van der Waals surface area contributed by atoms with E-state index in [1.807, 2.05) is 165 Å². The van der Waals surface area contributed by atoms with E-state index in [1.54, 1.807) is 0 Å². The Morgan fingerprint density at radius 1 is 0.368 bits per heavy atom. The molecule has 5 N–H and O–H groups in total. The first-order valence-corrected chi connectivity index (χ1v) is 42.9. The van der Waals surface area contributed by atoms with Crippen molar-refractivity contribution >= 4 is 0 Å². The Balaban J connectivity index is 0.000000197. The average Bonchev–Trinajstić information content (AvgIpc) is 1.62. The zero-order chi connectivity index (χ0) is 86.3. The van der Waals surface area contributed by atoms with Gasteiger partial charge in [-0.25, -0.2) is 0 Å². The Hall–Kier alpha value is -8.16. The Labute approximate surface area is 697 Å².